The van der Waals surface area contributed by atoms with Crippen molar-refractivity contribution in [1.82, 2.24) is 14.8 Å². The zero-order chi connectivity index (χ0) is 12.3. The SMILES string of the molecule is CCCn1c(Sc2cccc(N)c2)n[nH]c1=O. The summed E-state index contributed by atoms with van der Waals surface area (Å²) in [6.07, 6.45) is 0.893. The second-order valence-corrected chi connectivity index (χ2v) is 4.68. The molecule has 0 radical (unpaired) electrons. The van der Waals surface area contributed by atoms with Crippen LogP contribution in [0.25, 0.3) is 0 Å². The van der Waals surface area contributed by atoms with Crippen LogP contribution in [0.3, 0.4) is 0 Å². The summed E-state index contributed by atoms with van der Waals surface area (Å²) in [5.41, 5.74) is 6.24. The van der Waals surface area contributed by atoms with Crippen molar-refractivity contribution in [1.29, 1.82) is 0 Å². The Morgan fingerprint density at radius 3 is 3.06 bits per heavy atom. The van der Waals surface area contributed by atoms with Gasteiger partial charge in [-0.1, -0.05) is 13.0 Å². The molecule has 1 heterocycles. The van der Waals surface area contributed by atoms with Gasteiger partial charge in [0.2, 0.25) is 0 Å². The minimum atomic E-state index is -0.168. The third kappa shape index (κ3) is 2.71. The number of hydrogen-bond acceptors (Lipinski definition) is 4. The first-order chi connectivity index (χ1) is 8.20. The lowest BCUT2D eigenvalue weighted by Crippen LogP contribution is -2.17. The number of nitrogen functional groups attached to an aromatic ring is 1. The van der Waals surface area contributed by atoms with Crippen molar-refractivity contribution < 1.29 is 0 Å². The molecular weight excluding hydrogens is 236 g/mol. The number of benzene rings is 1. The van der Waals surface area contributed by atoms with E-state index in [2.05, 4.69) is 10.2 Å². The molecule has 1 aromatic carbocycles. The molecule has 0 fully saturated rings. The number of H-pyrrole nitrogens is 1. The van der Waals surface area contributed by atoms with Gasteiger partial charge in [-0.25, -0.2) is 9.89 Å². The summed E-state index contributed by atoms with van der Waals surface area (Å²) in [5.74, 6) is 0. The van der Waals surface area contributed by atoms with Crippen LogP contribution in [0, 0.1) is 0 Å². The molecule has 17 heavy (non-hydrogen) atoms. The van der Waals surface area contributed by atoms with E-state index in [1.807, 2.05) is 31.2 Å². The zero-order valence-corrected chi connectivity index (χ0v) is 10.3. The van der Waals surface area contributed by atoms with Crippen molar-refractivity contribution in [3.63, 3.8) is 0 Å². The van der Waals surface area contributed by atoms with Crippen molar-refractivity contribution in [2.45, 2.75) is 29.9 Å². The summed E-state index contributed by atoms with van der Waals surface area (Å²) in [6.45, 7) is 2.69. The third-order valence-electron chi connectivity index (χ3n) is 2.24. The average Bonchev–Trinajstić information content (AvgIpc) is 2.62. The Labute approximate surface area is 103 Å². The van der Waals surface area contributed by atoms with Gasteiger partial charge in [0.1, 0.15) is 0 Å². The summed E-state index contributed by atoms with van der Waals surface area (Å²) in [7, 11) is 0. The number of rotatable bonds is 4. The minimum Gasteiger partial charge on any atom is -0.399 e. The first-order valence-corrected chi connectivity index (χ1v) is 6.21. The van der Waals surface area contributed by atoms with Crippen LogP contribution in [0.2, 0.25) is 0 Å². The van der Waals surface area contributed by atoms with Gasteiger partial charge in [-0.05, 0) is 36.4 Å². The molecule has 0 saturated heterocycles. The molecule has 0 saturated carbocycles. The molecule has 0 atom stereocenters. The number of nitrogens with one attached hydrogen (secondary N) is 1. The number of nitrogens with zero attached hydrogens (tertiary/aromatic N) is 2. The zero-order valence-electron chi connectivity index (χ0n) is 9.51. The van der Waals surface area contributed by atoms with Crippen LogP contribution in [-0.2, 0) is 6.54 Å². The number of anilines is 1. The van der Waals surface area contributed by atoms with Gasteiger partial charge < -0.3 is 5.73 Å². The van der Waals surface area contributed by atoms with Gasteiger partial charge in [-0.15, -0.1) is 5.10 Å². The standard InChI is InChI=1S/C11H14N4OS/c1-2-6-15-10(16)13-14-11(15)17-9-5-3-4-8(12)7-9/h3-5,7H,2,6,12H2,1H3,(H,13,16). The summed E-state index contributed by atoms with van der Waals surface area (Å²) in [5, 5.41) is 7.14. The summed E-state index contributed by atoms with van der Waals surface area (Å²) < 4.78 is 1.63. The topological polar surface area (TPSA) is 76.7 Å². The molecular formula is C11H14N4OS. The van der Waals surface area contributed by atoms with Gasteiger partial charge in [0.25, 0.3) is 0 Å². The van der Waals surface area contributed by atoms with E-state index < -0.39 is 0 Å². The Morgan fingerprint density at radius 1 is 1.53 bits per heavy atom. The lowest BCUT2D eigenvalue weighted by atomic mass is 10.3. The predicted octanol–water partition coefficient (Wildman–Crippen LogP) is 1.71. The molecule has 2 rings (SSSR count). The minimum absolute atomic E-state index is 0.168. The van der Waals surface area contributed by atoms with Crippen molar-refractivity contribution in [3.8, 4) is 0 Å². The summed E-state index contributed by atoms with van der Waals surface area (Å²) >= 11 is 1.43. The molecule has 0 spiro atoms. The molecule has 0 aliphatic carbocycles. The molecule has 1 aromatic heterocycles. The quantitative estimate of drug-likeness (QED) is 0.810. The molecule has 0 aliphatic rings. The van der Waals surface area contributed by atoms with Crippen molar-refractivity contribution in [3.05, 3.63) is 34.7 Å². The van der Waals surface area contributed by atoms with Gasteiger partial charge in [-0.3, -0.25) is 4.57 Å². The van der Waals surface area contributed by atoms with E-state index in [1.165, 1.54) is 11.8 Å². The predicted molar refractivity (Wildman–Crippen MR) is 68.1 cm³/mol. The smallest absolute Gasteiger partial charge is 0.343 e. The molecule has 90 valence electrons. The van der Waals surface area contributed by atoms with E-state index in [9.17, 15) is 4.79 Å². The number of hydrogen-bond donors (Lipinski definition) is 2. The maximum Gasteiger partial charge on any atom is 0.343 e. The van der Waals surface area contributed by atoms with Crippen molar-refractivity contribution in [2.24, 2.45) is 0 Å². The first kappa shape index (κ1) is 11.8. The van der Waals surface area contributed by atoms with Gasteiger partial charge in [0.15, 0.2) is 5.16 Å². The fourth-order valence-corrected chi connectivity index (χ4v) is 2.41. The maximum absolute atomic E-state index is 11.5. The fourth-order valence-electron chi connectivity index (χ4n) is 1.49. The molecule has 0 bridgehead atoms. The van der Waals surface area contributed by atoms with Gasteiger partial charge in [0, 0.05) is 17.1 Å². The van der Waals surface area contributed by atoms with Crippen LogP contribution in [0.5, 0.6) is 0 Å². The van der Waals surface area contributed by atoms with E-state index in [0.29, 0.717) is 17.4 Å². The van der Waals surface area contributed by atoms with E-state index in [-0.39, 0.29) is 5.69 Å². The second kappa shape index (κ2) is 5.09. The van der Waals surface area contributed by atoms with E-state index in [0.717, 1.165) is 11.3 Å². The molecule has 0 unspecified atom stereocenters. The van der Waals surface area contributed by atoms with Crippen LogP contribution in [0.4, 0.5) is 5.69 Å². The molecule has 5 nitrogen and oxygen atoms in total. The lowest BCUT2D eigenvalue weighted by molar-refractivity contribution is 0.604. The highest BCUT2D eigenvalue weighted by Gasteiger charge is 2.08. The van der Waals surface area contributed by atoms with Crippen LogP contribution >= 0.6 is 11.8 Å². The Morgan fingerprint density at radius 2 is 2.35 bits per heavy atom. The molecule has 3 N–H and O–H groups in total. The molecule has 0 amide bonds. The van der Waals surface area contributed by atoms with E-state index in [4.69, 9.17) is 5.73 Å². The number of aromatic amines is 1. The maximum atomic E-state index is 11.5. The fraction of sp³-hybridized carbons (Fsp3) is 0.273. The highest BCUT2D eigenvalue weighted by Crippen LogP contribution is 2.26. The highest BCUT2D eigenvalue weighted by atomic mass is 32.2. The Bertz CT molecular complexity index is 561. The van der Waals surface area contributed by atoms with Crippen molar-refractivity contribution >= 4 is 17.4 Å². The lowest BCUT2D eigenvalue weighted by Gasteiger charge is -2.03. The Balaban J connectivity index is 2.27. The number of nitrogens with two attached hydrogens (primary N) is 1. The van der Waals surface area contributed by atoms with E-state index >= 15 is 0 Å². The van der Waals surface area contributed by atoms with Crippen LogP contribution in [-0.4, -0.2) is 14.8 Å². The van der Waals surface area contributed by atoms with Gasteiger partial charge in [-0.2, -0.15) is 0 Å². The van der Waals surface area contributed by atoms with Crippen LogP contribution in [0.1, 0.15) is 13.3 Å². The van der Waals surface area contributed by atoms with Gasteiger partial charge in [0.05, 0.1) is 0 Å². The monoisotopic (exact) mass is 250 g/mol. The van der Waals surface area contributed by atoms with Gasteiger partial charge >= 0.3 is 5.69 Å². The normalized spacial score (nSPS) is 10.6. The highest BCUT2D eigenvalue weighted by molar-refractivity contribution is 7.99. The Hall–Kier alpha value is -1.69. The summed E-state index contributed by atoms with van der Waals surface area (Å²) in [4.78, 5) is 12.5. The van der Waals surface area contributed by atoms with Crippen LogP contribution in [0.15, 0.2) is 39.1 Å². The largest absolute Gasteiger partial charge is 0.399 e. The number of aromatic nitrogens is 3. The third-order valence-corrected chi connectivity index (χ3v) is 3.22. The molecule has 6 heteroatoms. The summed E-state index contributed by atoms with van der Waals surface area (Å²) in [6, 6.07) is 7.51. The Kier molecular flexibility index (Phi) is 3.53. The second-order valence-electron chi connectivity index (χ2n) is 3.64. The average molecular weight is 250 g/mol. The van der Waals surface area contributed by atoms with E-state index in [1.54, 1.807) is 4.57 Å². The molecule has 2 aromatic rings. The molecule has 0 aliphatic heterocycles. The van der Waals surface area contributed by atoms with Crippen LogP contribution < -0.4 is 11.4 Å². The first-order valence-electron chi connectivity index (χ1n) is 5.39. The van der Waals surface area contributed by atoms with Crippen molar-refractivity contribution in [2.75, 3.05) is 5.73 Å².